The van der Waals surface area contributed by atoms with Crippen LogP contribution in [0.5, 0.6) is 0 Å². The smallest absolute Gasteiger partial charge is 0.122 e. The highest BCUT2D eigenvalue weighted by Crippen LogP contribution is 2.33. The molecule has 1 saturated heterocycles. The molecule has 3 nitrogen and oxygen atoms in total. The van der Waals surface area contributed by atoms with E-state index < -0.39 is 0 Å². The monoisotopic (exact) mass is 268 g/mol. The van der Waals surface area contributed by atoms with Crippen molar-refractivity contribution >= 4 is 11.8 Å². The van der Waals surface area contributed by atoms with E-state index in [1.165, 1.54) is 0 Å². The van der Waals surface area contributed by atoms with Gasteiger partial charge in [0, 0.05) is 29.6 Å². The molecule has 0 aromatic carbocycles. The summed E-state index contributed by atoms with van der Waals surface area (Å²) in [5.74, 6) is 1.01. The van der Waals surface area contributed by atoms with E-state index in [4.69, 9.17) is 10.2 Å². The summed E-state index contributed by atoms with van der Waals surface area (Å²) in [5.41, 5.74) is 6.32. The Morgan fingerprint density at radius 2 is 2.11 bits per heavy atom. The van der Waals surface area contributed by atoms with E-state index in [0.717, 1.165) is 25.3 Å². The van der Waals surface area contributed by atoms with Crippen molar-refractivity contribution in [3.8, 4) is 0 Å². The molecule has 2 heterocycles. The quantitative estimate of drug-likeness (QED) is 0.912. The van der Waals surface area contributed by atoms with Crippen molar-refractivity contribution < 1.29 is 4.42 Å². The van der Waals surface area contributed by atoms with Crippen molar-refractivity contribution in [3.05, 3.63) is 24.2 Å². The number of hydrogen-bond acceptors (Lipinski definition) is 4. The molecule has 0 aliphatic carbocycles. The van der Waals surface area contributed by atoms with E-state index in [9.17, 15) is 0 Å². The number of nitrogens with zero attached hydrogens (tertiary/aromatic N) is 1. The van der Waals surface area contributed by atoms with Gasteiger partial charge in [-0.2, -0.15) is 11.8 Å². The topological polar surface area (TPSA) is 42.4 Å². The van der Waals surface area contributed by atoms with Crippen LogP contribution >= 0.6 is 11.8 Å². The summed E-state index contributed by atoms with van der Waals surface area (Å²) < 4.78 is 5.61. The summed E-state index contributed by atoms with van der Waals surface area (Å²) in [4.78, 5) is 2.50. The van der Waals surface area contributed by atoms with E-state index in [-0.39, 0.29) is 12.1 Å². The summed E-state index contributed by atoms with van der Waals surface area (Å²) in [6.07, 6.45) is 2.72. The summed E-state index contributed by atoms with van der Waals surface area (Å²) in [6, 6.07) is 4.36. The van der Waals surface area contributed by atoms with Crippen LogP contribution in [-0.2, 0) is 0 Å². The van der Waals surface area contributed by atoms with E-state index in [0.29, 0.717) is 10.5 Å². The van der Waals surface area contributed by atoms with Crippen LogP contribution in [0.3, 0.4) is 0 Å². The Balaban J connectivity index is 2.18. The van der Waals surface area contributed by atoms with Gasteiger partial charge in [-0.05, 0) is 18.6 Å². The van der Waals surface area contributed by atoms with Gasteiger partial charge in [-0.3, -0.25) is 4.90 Å². The normalized spacial score (nSPS) is 29.1. The van der Waals surface area contributed by atoms with Gasteiger partial charge < -0.3 is 10.2 Å². The van der Waals surface area contributed by atoms with E-state index in [1.54, 1.807) is 6.26 Å². The molecule has 0 saturated carbocycles. The zero-order valence-corrected chi connectivity index (χ0v) is 12.3. The van der Waals surface area contributed by atoms with Gasteiger partial charge in [0.15, 0.2) is 0 Å². The van der Waals surface area contributed by atoms with Crippen molar-refractivity contribution in [1.29, 1.82) is 0 Å². The van der Waals surface area contributed by atoms with Crippen LogP contribution < -0.4 is 5.73 Å². The predicted molar refractivity (Wildman–Crippen MR) is 77.8 cm³/mol. The Bertz CT molecular complexity index is 345. The number of rotatable bonds is 4. The fourth-order valence-electron chi connectivity index (χ4n) is 2.79. The summed E-state index contributed by atoms with van der Waals surface area (Å²) in [6.45, 7) is 8.92. The maximum Gasteiger partial charge on any atom is 0.122 e. The molecule has 1 aliphatic heterocycles. The SMILES string of the molecule is CCC(N)C(c1ccco1)N1CC(C)SC(C)C1. The van der Waals surface area contributed by atoms with Gasteiger partial charge in [0.1, 0.15) is 5.76 Å². The lowest BCUT2D eigenvalue weighted by atomic mass is 10.0. The van der Waals surface area contributed by atoms with Gasteiger partial charge in [-0.25, -0.2) is 0 Å². The van der Waals surface area contributed by atoms with Gasteiger partial charge >= 0.3 is 0 Å². The van der Waals surface area contributed by atoms with Gasteiger partial charge in [0.25, 0.3) is 0 Å². The van der Waals surface area contributed by atoms with Gasteiger partial charge in [0.2, 0.25) is 0 Å². The van der Waals surface area contributed by atoms with E-state index in [1.807, 2.05) is 6.07 Å². The minimum atomic E-state index is 0.138. The minimum absolute atomic E-state index is 0.138. The average molecular weight is 268 g/mol. The molecule has 1 fully saturated rings. The highest BCUT2D eigenvalue weighted by molar-refractivity contribution is 8.00. The lowest BCUT2D eigenvalue weighted by Crippen LogP contribution is -2.48. The summed E-state index contributed by atoms with van der Waals surface area (Å²) >= 11 is 2.07. The third-order valence-electron chi connectivity index (χ3n) is 3.55. The Morgan fingerprint density at radius 3 is 2.61 bits per heavy atom. The highest BCUT2D eigenvalue weighted by Gasteiger charge is 2.33. The fraction of sp³-hybridized carbons (Fsp3) is 0.714. The van der Waals surface area contributed by atoms with Crippen LogP contribution in [0.15, 0.2) is 22.8 Å². The molecule has 18 heavy (non-hydrogen) atoms. The molecule has 1 aliphatic rings. The molecular formula is C14H24N2OS. The number of nitrogens with two attached hydrogens (primary N) is 1. The molecule has 0 spiro atoms. The lowest BCUT2D eigenvalue weighted by Gasteiger charge is -2.41. The lowest BCUT2D eigenvalue weighted by molar-refractivity contribution is 0.146. The van der Waals surface area contributed by atoms with Crippen LogP contribution in [0.2, 0.25) is 0 Å². The Hall–Kier alpha value is -0.450. The molecule has 1 aromatic rings. The van der Waals surface area contributed by atoms with Crippen LogP contribution in [0.4, 0.5) is 0 Å². The van der Waals surface area contributed by atoms with Crippen LogP contribution in [-0.4, -0.2) is 34.5 Å². The molecule has 102 valence electrons. The van der Waals surface area contributed by atoms with Crippen molar-refractivity contribution in [1.82, 2.24) is 4.90 Å². The third-order valence-corrected chi connectivity index (χ3v) is 4.78. The van der Waals surface area contributed by atoms with Crippen molar-refractivity contribution in [2.45, 2.75) is 49.8 Å². The predicted octanol–water partition coefficient (Wildman–Crippen LogP) is 2.88. The zero-order valence-electron chi connectivity index (χ0n) is 11.5. The Morgan fingerprint density at radius 1 is 1.44 bits per heavy atom. The Labute approximate surface area is 114 Å². The van der Waals surface area contributed by atoms with Gasteiger partial charge in [-0.1, -0.05) is 20.8 Å². The highest BCUT2D eigenvalue weighted by atomic mass is 32.2. The standard InChI is InChI=1S/C14H24N2OS/c1-4-12(15)14(13-6-5-7-17-13)16-8-10(2)18-11(3)9-16/h5-7,10-12,14H,4,8-9,15H2,1-3H3. The second kappa shape index (κ2) is 6.13. The largest absolute Gasteiger partial charge is 0.468 e. The number of hydrogen-bond donors (Lipinski definition) is 1. The summed E-state index contributed by atoms with van der Waals surface area (Å²) in [7, 11) is 0. The molecular weight excluding hydrogens is 244 g/mol. The minimum Gasteiger partial charge on any atom is -0.468 e. The molecule has 4 heteroatoms. The average Bonchev–Trinajstić information content (AvgIpc) is 2.81. The van der Waals surface area contributed by atoms with Crippen LogP contribution in [0.1, 0.15) is 39.0 Å². The first kappa shape index (κ1) is 14.0. The molecule has 2 rings (SSSR count). The number of thioether (sulfide) groups is 1. The maximum absolute atomic E-state index is 6.32. The number of furan rings is 1. The van der Waals surface area contributed by atoms with E-state index >= 15 is 0 Å². The molecule has 1 aromatic heterocycles. The maximum atomic E-state index is 6.32. The van der Waals surface area contributed by atoms with Gasteiger partial charge in [-0.15, -0.1) is 0 Å². The van der Waals surface area contributed by atoms with Crippen molar-refractivity contribution in [2.75, 3.05) is 13.1 Å². The molecule has 0 amide bonds. The molecule has 0 bridgehead atoms. The third kappa shape index (κ3) is 3.11. The first-order valence-electron chi connectivity index (χ1n) is 6.80. The second-order valence-corrected chi connectivity index (χ2v) is 7.13. The Kier molecular flexibility index (Phi) is 4.76. The van der Waals surface area contributed by atoms with Crippen molar-refractivity contribution in [2.24, 2.45) is 5.73 Å². The zero-order chi connectivity index (χ0) is 13.1. The first-order chi connectivity index (χ1) is 8.61. The molecule has 4 unspecified atom stereocenters. The second-order valence-electron chi connectivity index (χ2n) is 5.24. The van der Waals surface area contributed by atoms with E-state index in [2.05, 4.69) is 43.5 Å². The molecule has 0 radical (unpaired) electrons. The van der Waals surface area contributed by atoms with Crippen LogP contribution in [0.25, 0.3) is 0 Å². The summed E-state index contributed by atoms with van der Waals surface area (Å²) in [5, 5.41) is 1.32. The van der Waals surface area contributed by atoms with Crippen LogP contribution in [0, 0.1) is 0 Å². The first-order valence-corrected chi connectivity index (χ1v) is 7.74. The molecule has 4 atom stereocenters. The van der Waals surface area contributed by atoms with Crippen molar-refractivity contribution in [3.63, 3.8) is 0 Å². The molecule has 2 N–H and O–H groups in total. The van der Waals surface area contributed by atoms with Gasteiger partial charge in [0.05, 0.1) is 12.3 Å². The fourth-order valence-corrected chi connectivity index (χ4v) is 4.14.